The van der Waals surface area contributed by atoms with Gasteiger partial charge in [0.15, 0.2) is 0 Å². The number of carbonyl (C=O) groups is 1. The van der Waals surface area contributed by atoms with Gasteiger partial charge in [0.05, 0.1) is 39.1 Å². The van der Waals surface area contributed by atoms with Gasteiger partial charge in [-0.2, -0.15) is 0 Å². The van der Waals surface area contributed by atoms with Crippen LogP contribution in [0.2, 0.25) is 0 Å². The Hall–Kier alpha value is -4.53. The smallest absolute Gasteiger partial charge is 0.412 e. The van der Waals surface area contributed by atoms with Crippen molar-refractivity contribution >= 4 is 11.9 Å². The Bertz CT molecular complexity index is 1300. The Morgan fingerprint density at radius 1 is 0.861 bits per heavy atom. The number of carbonyl (C=O) groups excluding carboxylic acids is 1. The number of nitrogens with zero attached hydrogens (tertiary/aromatic N) is 3. The number of anilines is 1. The van der Waals surface area contributed by atoms with Crippen molar-refractivity contribution in [3.05, 3.63) is 108 Å². The fourth-order valence-corrected chi connectivity index (χ4v) is 4.14. The molecule has 8 nitrogen and oxygen atoms in total. The van der Waals surface area contributed by atoms with Crippen LogP contribution in [0.15, 0.2) is 79.4 Å². The maximum Gasteiger partial charge on any atom is 0.412 e. The summed E-state index contributed by atoms with van der Waals surface area (Å²) in [6.45, 7) is 0. The largest absolute Gasteiger partial charge is 0.495 e. The average molecular weight is 489 g/mol. The summed E-state index contributed by atoms with van der Waals surface area (Å²) in [7, 11) is 4.41. The number of aromatic nitrogens is 3. The van der Waals surface area contributed by atoms with Crippen molar-refractivity contribution in [2.24, 2.45) is 0 Å². The summed E-state index contributed by atoms with van der Waals surface area (Å²) < 4.78 is 29.7. The van der Waals surface area contributed by atoms with Gasteiger partial charge in [-0.25, -0.2) is 14.2 Å². The highest BCUT2D eigenvalue weighted by Crippen LogP contribution is 2.43. The summed E-state index contributed by atoms with van der Waals surface area (Å²) in [6, 6.07) is 15.3. The van der Waals surface area contributed by atoms with Gasteiger partial charge in [-0.3, -0.25) is 15.3 Å². The first-order chi connectivity index (χ1) is 17.5. The number of hydrogen-bond acceptors (Lipinski definition) is 7. The molecule has 0 spiro atoms. The molecule has 1 N–H and O–H groups in total. The lowest BCUT2D eigenvalue weighted by molar-refractivity contribution is 0.187. The molecule has 0 aliphatic rings. The van der Waals surface area contributed by atoms with Crippen LogP contribution in [-0.4, -0.2) is 42.4 Å². The second-order valence-corrected chi connectivity index (χ2v) is 7.95. The van der Waals surface area contributed by atoms with Crippen molar-refractivity contribution in [2.75, 3.05) is 26.6 Å². The summed E-state index contributed by atoms with van der Waals surface area (Å²) in [5.41, 5.74) is 2.06. The van der Waals surface area contributed by atoms with Crippen LogP contribution in [-0.2, 0) is 16.6 Å². The van der Waals surface area contributed by atoms with Gasteiger partial charge in [0.1, 0.15) is 23.1 Å². The molecule has 1 amide bonds. The highest BCUT2D eigenvalue weighted by molar-refractivity contribution is 5.83. The number of ether oxygens (including phenoxy) is 3. The van der Waals surface area contributed by atoms with Gasteiger partial charge in [0.25, 0.3) is 0 Å². The summed E-state index contributed by atoms with van der Waals surface area (Å²) in [5, 5.41) is 2.59. The van der Waals surface area contributed by atoms with Crippen LogP contribution < -0.4 is 14.8 Å². The molecule has 36 heavy (non-hydrogen) atoms. The fraction of sp³-hybridized carbons (Fsp3) is 0.185. The number of nitrogens with one attached hydrogen (secondary N) is 1. The highest BCUT2D eigenvalue weighted by Gasteiger charge is 2.39. The zero-order chi connectivity index (χ0) is 25.5. The summed E-state index contributed by atoms with van der Waals surface area (Å²) >= 11 is 0. The first kappa shape index (κ1) is 24.6. The lowest BCUT2D eigenvalue weighted by Gasteiger charge is -2.35. The maximum absolute atomic E-state index is 14.0. The standard InChI is InChI=1S/C27H25FN4O4/c1-34-23-11-19(14-29-16-23)27(18-7-9-21(28)10-8-18,20-12-24(35-2)17-30-15-20)13-22-5-4-6-25(31-22)32-26(33)36-3/h4-12,14-17H,13H2,1-3H3,(H,31,32,33). The van der Waals surface area contributed by atoms with Crippen LogP contribution >= 0.6 is 0 Å². The van der Waals surface area contributed by atoms with Crippen molar-refractivity contribution in [1.29, 1.82) is 0 Å². The molecule has 9 heteroatoms. The van der Waals surface area contributed by atoms with Gasteiger partial charge >= 0.3 is 6.09 Å². The molecule has 0 saturated carbocycles. The van der Waals surface area contributed by atoms with Gasteiger partial charge in [-0.15, -0.1) is 0 Å². The van der Waals surface area contributed by atoms with E-state index < -0.39 is 11.5 Å². The molecule has 0 atom stereocenters. The molecule has 4 aromatic rings. The number of pyridine rings is 3. The van der Waals surface area contributed by atoms with E-state index in [4.69, 9.17) is 14.2 Å². The lowest BCUT2D eigenvalue weighted by atomic mass is 9.67. The highest BCUT2D eigenvalue weighted by atomic mass is 19.1. The van der Waals surface area contributed by atoms with E-state index in [1.54, 1.807) is 63.3 Å². The molecule has 0 fully saturated rings. The van der Waals surface area contributed by atoms with E-state index in [1.807, 2.05) is 18.2 Å². The number of rotatable bonds is 8. The monoisotopic (exact) mass is 488 g/mol. The number of hydrogen-bond donors (Lipinski definition) is 1. The molecule has 184 valence electrons. The van der Waals surface area contributed by atoms with Crippen LogP contribution in [0.4, 0.5) is 15.0 Å². The third kappa shape index (κ3) is 5.10. The van der Waals surface area contributed by atoms with Crippen molar-refractivity contribution in [2.45, 2.75) is 11.8 Å². The average Bonchev–Trinajstić information content (AvgIpc) is 2.92. The molecule has 0 saturated heterocycles. The van der Waals surface area contributed by atoms with Gasteiger partial charge in [-0.05, 0) is 53.1 Å². The van der Waals surface area contributed by atoms with E-state index in [-0.39, 0.29) is 5.82 Å². The van der Waals surface area contributed by atoms with E-state index in [2.05, 4.69) is 20.3 Å². The Morgan fingerprint density at radius 3 is 2.03 bits per heavy atom. The Balaban J connectivity index is 1.98. The van der Waals surface area contributed by atoms with Gasteiger partial charge in [0, 0.05) is 24.5 Å². The van der Waals surface area contributed by atoms with Crippen molar-refractivity contribution in [3.63, 3.8) is 0 Å². The second kappa shape index (κ2) is 10.8. The van der Waals surface area contributed by atoms with E-state index in [1.165, 1.54) is 19.2 Å². The molecule has 0 radical (unpaired) electrons. The molecule has 0 aliphatic heterocycles. The SMILES string of the molecule is COC(=O)Nc1cccc(CC(c2ccc(F)cc2)(c2cncc(OC)c2)c2cncc(OC)c2)n1. The summed E-state index contributed by atoms with van der Waals surface area (Å²) in [6.07, 6.45) is 6.39. The van der Waals surface area contributed by atoms with Gasteiger partial charge in [-0.1, -0.05) is 18.2 Å². The Morgan fingerprint density at radius 2 is 1.47 bits per heavy atom. The zero-order valence-electron chi connectivity index (χ0n) is 20.1. The van der Waals surface area contributed by atoms with E-state index in [0.29, 0.717) is 29.4 Å². The summed E-state index contributed by atoms with van der Waals surface area (Å²) in [4.78, 5) is 25.2. The molecule has 0 aliphatic carbocycles. The van der Waals surface area contributed by atoms with Gasteiger partial charge in [0.2, 0.25) is 0 Å². The third-order valence-electron chi connectivity index (χ3n) is 5.89. The van der Waals surface area contributed by atoms with Gasteiger partial charge < -0.3 is 14.2 Å². The zero-order valence-corrected chi connectivity index (χ0v) is 20.1. The molecule has 3 heterocycles. The minimum atomic E-state index is -0.923. The topological polar surface area (TPSA) is 95.5 Å². The first-order valence-corrected chi connectivity index (χ1v) is 11.0. The fourth-order valence-electron chi connectivity index (χ4n) is 4.14. The van der Waals surface area contributed by atoms with Crippen molar-refractivity contribution in [3.8, 4) is 11.5 Å². The first-order valence-electron chi connectivity index (χ1n) is 11.0. The van der Waals surface area contributed by atoms with E-state index >= 15 is 0 Å². The quantitative estimate of drug-likeness (QED) is 0.381. The van der Waals surface area contributed by atoms with Crippen LogP contribution in [0.3, 0.4) is 0 Å². The summed E-state index contributed by atoms with van der Waals surface area (Å²) in [5.74, 6) is 1.09. The van der Waals surface area contributed by atoms with E-state index in [0.717, 1.165) is 16.7 Å². The second-order valence-electron chi connectivity index (χ2n) is 7.95. The van der Waals surface area contributed by atoms with Crippen molar-refractivity contribution in [1.82, 2.24) is 15.0 Å². The van der Waals surface area contributed by atoms with Crippen molar-refractivity contribution < 1.29 is 23.4 Å². The predicted molar refractivity (Wildman–Crippen MR) is 132 cm³/mol. The predicted octanol–water partition coefficient (Wildman–Crippen LogP) is 4.78. The number of methoxy groups -OCH3 is 3. The maximum atomic E-state index is 14.0. The normalized spacial score (nSPS) is 11.0. The lowest BCUT2D eigenvalue weighted by Crippen LogP contribution is -2.33. The molecular formula is C27H25FN4O4. The molecule has 1 aromatic carbocycles. The Kier molecular flexibility index (Phi) is 7.39. The molecule has 0 unspecified atom stereocenters. The number of amides is 1. The molecular weight excluding hydrogens is 463 g/mol. The van der Waals surface area contributed by atoms with Crippen LogP contribution in [0.25, 0.3) is 0 Å². The number of benzene rings is 1. The minimum Gasteiger partial charge on any atom is -0.495 e. The number of halogens is 1. The molecule has 0 bridgehead atoms. The minimum absolute atomic E-state index is 0.318. The third-order valence-corrected chi connectivity index (χ3v) is 5.89. The van der Waals surface area contributed by atoms with Crippen LogP contribution in [0, 0.1) is 5.82 Å². The molecule has 3 aromatic heterocycles. The van der Waals surface area contributed by atoms with Crippen LogP contribution in [0.1, 0.15) is 22.4 Å². The van der Waals surface area contributed by atoms with Crippen LogP contribution in [0.5, 0.6) is 11.5 Å². The molecule has 4 rings (SSSR count). The van der Waals surface area contributed by atoms with E-state index in [9.17, 15) is 9.18 Å². The Labute approximate surface area is 208 Å².